The summed E-state index contributed by atoms with van der Waals surface area (Å²) in [7, 11) is 0. The van der Waals surface area contributed by atoms with Gasteiger partial charge < -0.3 is 16.0 Å². The maximum atomic E-state index is 12.9. The fourth-order valence-corrected chi connectivity index (χ4v) is 3.48. The van der Waals surface area contributed by atoms with Crippen molar-refractivity contribution in [3.05, 3.63) is 74.9 Å². The van der Waals surface area contributed by atoms with Crippen LogP contribution in [0.25, 0.3) is 0 Å². The van der Waals surface area contributed by atoms with Crippen LogP contribution in [-0.4, -0.2) is 11.0 Å². The Hall–Kier alpha value is -1.89. The zero-order valence-electron chi connectivity index (χ0n) is 13.3. The normalized spacial score (nSPS) is 16.9. The van der Waals surface area contributed by atoms with Gasteiger partial charge in [0.2, 0.25) is 0 Å². The number of carbonyl (C=O) groups excluding carboxylic acids is 1. The Kier molecular flexibility index (Phi) is 5.42. The molecule has 1 atom stereocenters. The molecule has 0 aliphatic carbocycles. The van der Waals surface area contributed by atoms with E-state index in [-0.39, 0.29) is 11.9 Å². The Balaban J connectivity index is 1.94. The van der Waals surface area contributed by atoms with Gasteiger partial charge >= 0.3 is 0 Å². The van der Waals surface area contributed by atoms with Crippen LogP contribution in [0.5, 0.6) is 0 Å². The van der Waals surface area contributed by atoms with Crippen molar-refractivity contribution in [2.24, 2.45) is 0 Å². The summed E-state index contributed by atoms with van der Waals surface area (Å²) in [5, 5.41) is 10.2. The molecule has 2 aromatic carbocycles. The number of amides is 1. The van der Waals surface area contributed by atoms with E-state index >= 15 is 0 Å². The Bertz CT molecular complexity index is 867. The van der Waals surface area contributed by atoms with Crippen molar-refractivity contribution in [2.45, 2.75) is 13.0 Å². The van der Waals surface area contributed by atoms with E-state index in [4.69, 9.17) is 23.8 Å². The van der Waals surface area contributed by atoms with Crippen LogP contribution in [0.4, 0.5) is 5.69 Å². The molecule has 0 saturated heterocycles. The van der Waals surface area contributed by atoms with Crippen molar-refractivity contribution >= 4 is 56.5 Å². The van der Waals surface area contributed by atoms with Gasteiger partial charge in [0.25, 0.3) is 5.91 Å². The van der Waals surface area contributed by atoms with Gasteiger partial charge in [-0.25, -0.2) is 0 Å². The molecule has 7 heteroatoms. The average Bonchev–Trinajstić information content (AvgIpc) is 2.56. The highest BCUT2D eigenvalue weighted by molar-refractivity contribution is 9.10. The van der Waals surface area contributed by atoms with Crippen molar-refractivity contribution in [3.63, 3.8) is 0 Å². The van der Waals surface area contributed by atoms with Gasteiger partial charge in [-0.05, 0) is 61.1 Å². The number of anilines is 1. The molecule has 0 fully saturated rings. The van der Waals surface area contributed by atoms with Gasteiger partial charge in [-0.1, -0.05) is 39.7 Å². The van der Waals surface area contributed by atoms with Crippen LogP contribution >= 0.6 is 39.7 Å². The van der Waals surface area contributed by atoms with Crippen LogP contribution < -0.4 is 16.0 Å². The van der Waals surface area contributed by atoms with Gasteiger partial charge in [0.05, 0.1) is 11.6 Å². The minimum atomic E-state index is -0.335. The number of hydrogen-bond donors (Lipinski definition) is 3. The lowest BCUT2D eigenvalue weighted by molar-refractivity contribution is -0.113. The average molecular weight is 437 g/mol. The molecule has 1 heterocycles. The standard InChI is InChI=1S/C18H15BrClN3OS/c1-10-15(17(24)22-14-7-5-13(20)6-8-14)16(23-18(25)21-10)11-3-2-4-12(19)9-11/h2-9,16H,1H3,(H,22,24)(H2,21,23,25)/t16-/m0/s1. The maximum Gasteiger partial charge on any atom is 0.255 e. The minimum absolute atomic E-state index is 0.202. The topological polar surface area (TPSA) is 53.2 Å². The molecule has 4 nitrogen and oxygen atoms in total. The van der Waals surface area contributed by atoms with Crippen molar-refractivity contribution in [2.75, 3.05) is 5.32 Å². The minimum Gasteiger partial charge on any atom is -0.351 e. The molecule has 3 N–H and O–H groups in total. The second kappa shape index (κ2) is 7.56. The molecule has 1 aliphatic rings. The molecule has 1 aliphatic heterocycles. The van der Waals surface area contributed by atoms with Gasteiger partial charge in [0.1, 0.15) is 0 Å². The van der Waals surface area contributed by atoms with Gasteiger partial charge in [0, 0.05) is 20.9 Å². The van der Waals surface area contributed by atoms with Crippen molar-refractivity contribution in [1.29, 1.82) is 0 Å². The fraction of sp³-hybridized carbons (Fsp3) is 0.111. The lowest BCUT2D eigenvalue weighted by Gasteiger charge is -2.30. The maximum absolute atomic E-state index is 12.9. The summed E-state index contributed by atoms with van der Waals surface area (Å²) in [6.07, 6.45) is 0. The first-order valence-corrected chi connectivity index (χ1v) is 9.12. The highest BCUT2D eigenvalue weighted by atomic mass is 79.9. The summed E-state index contributed by atoms with van der Waals surface area (Å²) in [6.45, 7) is 1.84. The molecule has 0 radical (unpaired) electrons. The van der Waals surface area contributed by atoms with Gasteiger partial charge in [-0.2, -0.15) is 0 Å². The third kappa shape index (κ3) is 4.21. The van der Waals surface area contributed by atoms with Crippen LogP contribution in [0.1, 0.15) is 18.5 Å². The van der Waals surface area contributed by atoms with Crippen molar-refractivity contribution in [1.82, 2.24) is 10.6 Å². The fourth-order valence-electron chi connectivity index (χ4n) is 2.66. The molecule has 0 unspecified atom stereocenters. The highest BCUT2D eigenvalue weighted by Gasteiger charge is 2.30. The number of allylic oxidation sites excluding steroid dienone is 1. The number of hydrogen-bond acceptors (Lipinski definition) is 2. The Morgan fingerprint density at radius 2 is 1.96 bits per heavy atom. The number of nitrogens with one attached hydrogen (secondary N) is 3. The molecule has 2 aromatic rings. The predicted molar refractivity (Wildman–Crippen MR) is 109 cm³/mol. The zero-order chi connectivity index (χ0) is 18.0. The molecule has 0 aromatic heterocycles. The number of benzene rings is 2. The van der Waals surface area contributed by atoms with Crippen molar-refractivity contribution < 1.29 is 4.79 Å². The largest absolute Gasteiger partial charge is 0.351 e. The SMILES string of the molecule is CC1=C(C(=O)Nc2ccc(Cl)cc2)[C@H](c2cccc(Br)c2)NC(=S)N1. The van der Waals surface area contributed by atoms with Crippen LogP contribution in [-0.2, 0) is 4.79 Å². The molecular formula is C18H15BrClN3OS. The third-order valence-electron chi connectivity index (χ3n) is 3.80. The van der Waals surface area contributed by atoms with E-state index in [1.165, 1.54) is 0 Å². The second-order valence-corrected chi connectivity index (χ2v) is 7.35. The predicted octanol–water partition coefficient (Wildman–Crippen LogP) is 4.53. The van der Waals surface area contributed by atoms with E-state index in [1.807, 2.05) is 31.2 Å². The summed E-state index contributed by atoms with van der Waals surface area (Å²) in [5.74, 6) is -0.202. The molecule has 3 rings (SSSR count). The monoisotopic (exact) mass is 435 g/mol. The lowest BCUT2D eigenvalue weighted by Crippen LogP contribution is -2.45. The van der Waals surface area contributed by atoms with Gasteiger partial charge in [0.15, 0.2) is 5.11 Å². The first-order chi connectivity index (χ1) is 11.9. The van der Waals surface area contributed by atoms with Gasteiger partial charge in [-0.3, -0.25) is 4.79 Å². The summed E-state index contributed by atoms with van der Waals surface area (Å²) in [4.78, 5) is 12.9. The summed E-state index contributed by atoms with van der Waals surface area (Å²) >= 11 is 14.6. The number of halogens is 2. The highest BCUT2D eigenvalue weighted by Crippen LogP contribution is 2.29. The first-order valence-electron chi connectivity index (χ1n) is 7.54. The molecule has 128 valence electrons. The third-order valence-corrected chi connectivity index (χ3v) is 4.76. The van der Waals surface area contributed by atoms with Crippen molar-refractivity contribution in [3.8, 4) is 0 Å². The first kappa shape index (κ1) is 17.9. The summed E-state index contributed by atoms with van der Waals surface area (Å²) < 4.78 is 0.936. The molecule has 0 spiro atoms. The second-order valence-electron chi connectivity index (χ2n) is 5.59. The smallest absolute Gasteiger partial charge is 0.255 e. The lowest BCUT2D eigenvalue weighted by atomic mass is 9.95. The zero-order valence-corrected chi connectivity index (χ0v) is 16.4. The molecule has 25 heavy (non-hydrogen) atoms. The number of carbonyl (C=O) groups is 1. The van der Waals surface area contributed by atoms with Crippen LogP contribution in [0.2, 0.25) is 5.02 Å². The van der Waals surface area contributed by atoms with Gasteiger partial charge in [-0.15, -0.1) is 0 Å². The number of thiocarbonyl (C=S) groups is 1. The van der Waals surface area contributed by atoms with E-state index < -0.39 is 0 Å². The van der Waals surface area contributed by atoms with E-state index in [9.17, 15) is 4.79 Å². The van der Waals surface area contributed by atoms with E-state index in [2.05, 4.69) is 31.9 Å². The molecule has 1 amide bonds. The Labute approximate surface area is 164 Å². The Morgan fingerprint density at radius 1 is 1.24 bits per heavy atom. The summed E-state index contributed by atoms with van der Waals surface area (Å²) in [5.41, 5.74) is 2.93. The molecule has 0 bridgehead atoms. The van der Waals surface area contributed by atoms with E-state index in [0.717, 1.165) is 15.7 Å². The van der Waals surface area contributed by atoms with Crippen LogP contribution in [0, 0.1) is 0 Å². The summed E-state index contributed by atoms with van der Waals surface area (Å²) in [6, 6.07) is 14.4. The van der Waals surface area contributed by atoms with E-state index in [1.54, 1.807) is 24.3 Å². The van der Waals surface area contributed by atoms with Crippen LogP contribution in [0.3, 0.4) is 0 Å². The Morgan fingerprint density at radius 3 is 2.64 bits per heavy atom. The molecule has 0 saturated carbocycles. The number of rotatable bonds is 3. The van der Waals surface area contributed by atoms with Crippen LogP contribution in [0.15, 0.2) is 64.3 Å². The quantitative estimate of drug-likeness (QED) is 0.619. The molecular weight excluding hydrogens is 422 g/mol. The van der Waals surface area contributed by atoms with E-state index in [0.29, 0.717) is 21.4 Å².